The van der Waals surface area contributed by atoms with E-state index in [0.29, 0.717) is 12.1 Å². The van der Waals surface area contributed by atoms with Gasteiger partial charge in [-0.25, -0.2) is 8.42 Å². The van der Waals surface area contributed by atoms with Crippen LogP contribution in [0.15, 0.2) is 29.2 Å². The van der Waals surface area contributed by atoms with Gasteiger partial charge in [-0.2, -0.15) is 9.57 Å². The van der Waals surface area contributed by atoms with Gasteiger partial charge in [-0.15, -0.1) is 0 Å². The molecule has 2 rings (SSSR count). The van der Waals surface area contributed by atoms with Crippen LogP contribution in [-0.4, -0.2) is 63.9 Å². The first-order valence-corrected chi connectivity index (χ1v) is 8.37. The number of hydrogen-bond donors (Lipinski definition) is 1. The van der Waals surface area contributed by atoms with Crippen molar-refractivity contribution in [1.82, 2.24) is 14.5 Å². The van der Waals surface area contributed by atoms with Crippen molar-refractivity contribution < 1.29 is 8.42 Å². The number of nitrogens with zero attached hydrogens (tertiary/aromatic N) is 3. The number of piperazine rings is 1. The molecule has 1 aliphatic rings. The maximum atomic E-state index is 12.5. The molecule has 0 spiro atoms. The Morgan fingerprint density at radius 3 is 2.76 bits per heavy atom. The second-order valence-corrected chi connectivity index (χ2v) is 7.10. The lowest BCUT2D eigenvalue weighted by atomic mass is 10.2. The van der Waals surface area contributed by atoms with E-state index < -0.39 is 10.0 Å². The van der Waals surface area contributed by atoms with Crippen LogP contribution < -0.4 is 5.32 Å². The highest BCUT2D eigenvalue weighted by atomic mass is 32.2. The first-order valence-electron chi connectivity index (χ1n) is 6.93. The summed E-state index contributed by atoms with van der Waals surface area (Å²) in [4.78, 5) is 2.41. The van der Waals surface area contributed by atoms with Crippen molar-refractivity contribution in [2.75, 3.05) is 46.3 Å². The number of rotatable bonds is 5. The van der Waals surface area contributed by atoms with Crippen molar-refractivity contribution in [3.05, 3.63) is 29.8 Å². The molecule has 1 N–H and O–H groups in total. The van der Waals surface area contributed by atoms with E-state index >= 15 is 0 Å². The van der Waals surface area contributed by atoms with E-state index in [4.69, 9.17) is 5.26 Å². The van der Waals surface area contributed by atoms with Gasteiger partial charge < -0.3 is 5.32 Å². The van der Waals surface area contributed by atoms with Crippen LogP contribution >= 0.6 is 0 Å². The molecule has 1 fully saturated rings. The Balaban J connectivity index is 2.02. The molecule has 114 valence electrons. The SMILES string of the molecule is CN(CCN1CCNCC1)S(=O)(=O)c1cccc(C#N)c1. The van der Waals surface area contributed by atoms with Gasteiger partial charge in [0.2, 0.25) is 10.0 Å². The summed E-state index contributed by atoms with van der Waals surface area (Å²) >= 11 is 0. The third-order valence-electron chi connectivity index (χ3n) is 3.61. The van der Waals surface area contributed by atoms with E-state index in [9.17, 15) is 8.42 Å². The highest BCUT2D eigenvalue weighted by Crippen LogP contribution is 2.15. The molecule has 1 aliphatic heterocycles. The number of nitrogens with one attached hydrogen (secondary N) is 1. The Bertz CT molecular complexity index is 618. The maximum absolute atomic E-state index is 12.5. The van der Waals surface area contributed by atoms with Gasteiger partial charge in [0.1, 0.15) is 0 Å². The molecular weight excluding hydrogens is 288 g/mol. The van der Waals surface area contributed by atoms with Gasteiger partial charge in [0, 0.05) is 46.3 Å². The van der Waals surface area contributed by atoms with Crippen LogP contribution in [-0.2, 0) is 10.0 Å². The van der Waals surface area contributed by atoms with Crippen molar-refractivity contribution in [2.24, 2.45) is 0 Å². The quantitative estimate of drug-likeness (QED) is 0.834. The van der Waals surface area contributed by atoms with Crippen LogP contribution in [0.4, 0.5) is 0 Å². The fourth-order valence-corrected chi connectivity index (χ4v) is 3.45. The molecule has 0 unspecified atom stereocenters. The highest BCUT2D eigenvalue weighted by Gasteiger charge is 2.21. The van der Waals surface area contributed by atoms with E-state index in [1.807, 2.05) is 6.07 Å². The first-order chi connectivity index (χ1) is 10.0. The van der Waals surface area contributed by atoms with Crippen LogP contribution in [0.1, 0.15) is 5.56 Å². The van der Waals surface area contributed by atoms with Gasteiger partial charge in [-0.3, -0.25) is 4.90 Å². The average molecular weight is 308 g/mol. The standard InChI is InChI=1S/C14H20N4O2S/c1-17(9-10-18-7-5-16-6-8-18)21(19,20)14-4-2-3-13(11-14)12-15/h2-4,11,16H,5-10H2,1H3. The molecular formula is C14H20N4O2S. The summed E-state index contributed by atoms with van der Waals surface area (Å²) in [6, 6.07) is 8.09. The van der Waals surface area contributed by atoms with E-state index in [1.54, 1.807) is 19.2 Å². The van der Waals surface area contributed by atoms with Gasteiger partial charge in [0.05, 0.1) is 16.5 Å². The van der Waals surface area contributed by atoms with Crippen LogP contribution in [0, 0.1) is 11.3 Å². The lowest BCUT2D eigenvalue weighted by Crippen LogP contribution is -2.46. The minimum absolute atomic E-state index is 0.171. The van der Waals surface area contributed by atoms with Gasteiger partial charge in [0.15, 0.2) is 0 Å². The smallest absolute Gasteiger partial charge is 0.242 e. The Hall–Kier alpha value is -1.46. The summed E-state index contributed by atoms with van der Waals surface area (Å²) in [5.41, 5.74) is 0.353. The number of sulfonamides is 1. The normalized spacial score (nSPS) is 16.8. The Kier molecular flexibility index (Phi) is 5.31. The lowest BCUT2D eigenvalue weighted by Gasteiger charge is -2.28. The minimum atomic E-state index is -3.53. The molecule has 0 radical (unpaired) electrons. The van der Waals surface area contributed by atoms with E-state index in [2.05, 4.69) is 10.2 Å². The Morgan fingerprint density at radius 2 is 2.10 bits per heavy atom. The largest absolute Gasteiger partial charge is 0.314 e. The summed E-state index contributed by atoms with van der Waals surface area (Å²) in [5, 5.41) is 12.1. The second kappa shape index (κ2) is 7.00. The van der Waals surface area contributed by atoms with Crippen LogP contribution in [0.3, 0.4) is 0 Å². The van der Waals surface area contributed by atoms with Crippen molar-refractivity contribution in [3.8, 4) is 6.07 Å². The Morgan fingerprint density at radius 1 is 1.38 bits per heavy atom. The van der Waals surface area contributed by atoms with Gasteiger partial charge >= 0.3 is 0 Å². The summed E-state index contributed by atoms with van der Waals surface area (Å²) < 4.78 is 26.3. The second-order valence-electron chi connectivity index (χ2n) is 5.06. The Labute approximate surface area is 126 Å². The molecule has 0 aromatic heterocycles. The number of hydrogen-bond acceptors (Lipinski definition) is 5. The van der Waals surface area contributed by atoms with Crippen molar-refractivity contribution >= 4 is 10.0 Å². The predicted molar refractivity (Wildman–Crippen MR) is 80.3 cm³/mol. The molecule has 21 heavy (non-hydrogen) atoms. The zero-order chi connectivity index (χ0) is 15.3. The zero-order valence-electron chi connectivity index (χ0n) is 12.1. The van der Waals surface area contributed by atoms with Crippen LogP contribution in [0.5, 0.6) is 0 Å². The molecule has 1 heterocycles. The average Bonchev–Trinajstić information content (AvgIpc) is 2.53. The molecule has 1 aromatic rings. The van der Waals surface area contributed by atoms with Crippen molar-refractivity contribution in [3.63, 3.8) is 0 Å². The fraction of sp³-hybridized carbons (Fsp3) is 0.500. The number of nitriles is 1. The van der Waals surface area contributed by atoms with Crippen LogP contribution in [0.2, 0.25) is 0 Å². The number of likely N-dealkylation sites (N-methyl/N-ethyl adjacent to an activating group) is 1. The summed E-state index contributed by atoms with van der Waals surface area (Å²) in [6.45, 7) is 4.94. The van der Waals surface area contributed by atoms with Crippen molar-refractivity contribution in [2.45, 2.75) is 4.90 Å². The predicted octanol–water partition coefficient (Wildman–Crippen LogP) is 0.0840. The van der Waals surface area contributed by atoms with Gasteiger partial charge in [-0.05, 0) is 18.2 Å². The van der Waals surface area contributed by atoms with E-state index in [-0.39, 0.29) is 4.90 Å². The molecule has 0 aliphatic carbocycles. The monoisotopic (exact) mass is 308 g/mol. The third-order valence-corrected chi connectivity index (χ3v) is 5.46. The molecule has 0 atom stereocenters. The summed E-state index contributed by atoms with van der Waals surface area (Å²) in [7, 11) is -1.95. The lowest BCUT2D eigenvalue weighted by molar-refractivity contribution is 0.229. The van der Waals surface area contributed by atoms with E-state index in [1.165, 1.54) is 16.4 Å². The third kappa shape index (κ3) is 4.02. The zero-order valence-corrected chi connectivity index (χ0v) is 12.9. The molecule has 1 aromatic carbocycles. The molecule has 0 saturated carbocycles. The minimum Gasteiger partial charge on any atom is -0.314 e. The van der Waals surface area contributed by atoms with Gasteiger partial charge in [0.25, 0.3) is 0 Å². The molecule has 0 bridgehead atoms. The molecule has 7 heteroatoms. The maximum Gasteiger partial charge on any atom is 0.242 e. The van der Waals surface area contributed by atoms with Gasteiger partial charge in [-0.1, -0.05) is 6.07 Å². The van der Waals surface area contributed by atoms with Crippen LogP contribution in [0.25, 0.3) is 0 Å². The molecule has 1 saturated heterocycles. The summed E-state index contributed by atoms with van der Waals surface area (Å²) in [6.07, 6.45) is 0. The first kappa shape index (κ1) is 15.9. The fourth-order valence-electron chi connectivity index (χ4n) is 2.24. The van der Waals surface area contributed by atoms with Crippen molar-refractivity contribution in [1.29, 1.82) is 5.26 Å². The molecule has 0 amide bonds. The molecule has 6 nitrogen and oxygen atoms in total. The summed E-state index contributed by atoms with van der Waals surface area (Å²) in [5.74, 6) is 0. The van der Waals surface area contributed by atoms with E-state index in [0.717, 1.165) is 32.7 Å². The topological polar surface area (TPSA) is 76.4 Å². The number of benzene rings is 1. The highest BCUT2D eigenvalue weighted by molar-refractivity contribution is 7.89.